The summed E-state index contributed by atoms with van der Waals surface area (Å²) in [5.41, 5.74) is 1.45. The van der Waals surface area contributed by atoms with Crippen molar-refractivity contribution in [1.29, 1.82) is 0 Å². The van der Waals surface area contributed by atoms with Crippen LogP contribution in [-0.4, -0.2) is 26.2 Å². The van der Waals surface area contributed by atoms with E-state index in [0.717, 1.165) is 10.7 Å². The SMILES string of the molecule is Cc1nc2sccn2c1C(O)CO. The standard InChI is InChI=1S/C8H10N2O2S/c1-5-7(6(12)4-11)10-2-3-13-8(10)9-5/h2-3,6,11-12H,4H2,1H3. The van der Waals surface area contributed by atoms with Crippen molar-refractivity contribution in [2.75, 3.05) is 6.61 Å². The fraction of sp³-hybridized carbons (Fsp3) is 0.375. The van der Waals surface area contributed by atoms with Gasteiger partial charge in [0.2, 0.25) is 0 Å². The first-order valence-corrected chi connectivity index (χ1v) is 4.83. The first kappa shape index (κ1) is 8.68. The summed E-state index contributed by atoms with van der Waals surface area (Å²) in [5.74, 6) is 0. The van der Waals surface area contributed by atoms with Gasteiger partial charge in [-0.25, -0.2) is 4.98 Å². The Kier molecular flexibility index (Phi) is 2.07. The number of aromatic nitrogens is 2. The second kappa shape index (κ2) is 3.10. The molecule has 2 aromatic rings. The van der Waals surface area contributed by atoms with Crippen LogP contribution in [0.5, 0.6) is 0 Å². The minimum Gasteiger partial charge on any atom is -0.393 e. The first-order valence-electron chi connectivity index (χ1n) is 3.95. The van der Waals surface area contributed by atoms with Gasteiger partial charge in [0.05, 0.1) is 18.0 Å². The highest BCUT2D eigenvalue weighted by molar-refractivity contribution is 7.15. The molecule has 0 saturated heterocycles. The molecule has 1 atom stereocenters. The Labute approximate surface area is 79.1 Å². The number of nitrogens with zero attached hydrogens (tertiary/aromatic N) is 2. The highest BCUT2D eigenvalue weighted by atomic mass is 32.1. The third-order valence-electron chi connectivity index (χ3n) is 1.97. The number of imidazole rings is 1. The summed E-state index contributed by atoms with van der Waals surface area (Å²) in [6, 6.07) is 0. The van der Waals surface area contributed by atoms with Crippen LogP contribution in [0.4, 0.5) is 0 Å². The summed E-state index contributed by atoms with van der Waals surface area (Å²) in [6.45, 7) is 1.55. The van der Waals surface area contributed by atoms with E-state index < -0.39 is 6.10 Å². The Hall–Kier alpha value is -0.910. The average Bonchev–Trinajstić information content (AvgIpc) is 2.62. The Balaban J connectivity index is 2.63. The number of aliphatic hydroxyl groups excluding tert-OH is 2. The third kappa shape index (κ3) is 1.25. The lowest BCUT2D eigenvalue weighted by Crippen LogP contribution is -2.06. The van der Waals surface area contributed by atoms with Gasteiger partial charge in [-0.2, -0.15) is 0 Å². The van der Waals surface area contributed by atoms with Crippen molar-refractivity contribution in [3.8, 4) is 0 Å². The van der Waals surface area contributed by atoms with Gasteiger partial charge in [0.15, 0.2) is 4.96 Å². The minimum absolute atomic E-state index is 0.273. The molecule has 5 heteroatoms. The molecule has 0 aliphatic heterocycles. The van der Waals surface area contributed by atoms with Gasteiger partial charge in [0, 0.05) is 11.6 Å². The summed E-state index contributed by atoms with van der Waals surface area (Å²) >= 11 is 1.51. The molecule has 2 N–H and O–H groups in total. The number of rotatable bonds is 2. The van der Waals surface area contributed by atoms with Crippen LogP contribution in [0.3, 0.4) is 0 Å². The summed E-state index contributed by atoms with van der Waals surface area (Å²) in [6.07, 6.45) is 0.999. The average molecular weight is 198 g/mol. The number of aliphatic hydroxyl groups is 2. The lowest BCUT2D eigenvalue weighted by atomic mass is 10.2. The van der Waals surface area contributed by atoms with Crippen molar-refractivity contribution in [3.05, 3.63) is 23.0 Å². The summed E-state index contributed by atoms with van der Waals surface area (Å²) < 4.78 is 1.81. The Bertz CT molecular complexity index is 421. The molecule has 0 aliphatic carbocycles. The summed E-state index contributed by atoms with van der Waals surface area (Å²) in [4.78, 5) is 5.10. The van der Waals surface area contributed by atoms with E-state index in [2.05, 4.69) is 4.98 Å². The normalized spacial score (nSPS) is 13.8. The van der Waals surface area contributed by atoms with E-state index in [1.165, 1.54) is 11.3 Å². The molecule has 0 amide bonds. The van der Waals surface area contributed by atoms with Crippen LogP contribution in [0.2, 0.25) is 0 Å². The zero-order chi connectivity index (χ0) is 9.42. The van der Waals surface area contributed by atoms with Crippen LogP contribution in [0.1, 0.15) is 17.5 Å². The molecule has 2 aromatic heterocycles. The number of aryl methyl sites for hydroxylation is 1. The Morgan fingerprint density at radius 3 is 3.15 bits per heavy atom. The number of thiazole rings is 1. The largest absolute Gasteiger partial charge is 0.393 e. The lowest BCUT2D eigenvalue weighted by molar-refractivity contribution is 0.0911. The van der Waals surface area contributed by atoms with Gasteiger partial charge < -0.3 is 10.2 Å². The van der Waals surface area contributed by atoms with Crippen LogP contribution >= 0.6 is 11.3 Å². The van der Waals surface area contributed by atoms with Crippen LogP contribution in [-0.2, 0) is 0 Å². The van der Waals surface area contributed by atoms with Gasteiger partial charge in [-0.05, 0) is 6.92 Å². The summed E-state index contributed by atoms with van der Waals surface area (Å²) in [5, 5.41) is 20.2. The molecular weight excluding hydrogens is 188 g/mol. The second-order valence-corrected chi connectivity index (χ2v) is 3.71. The Morgan fingerprint density at radius 2 is 2.46 bits per heavy atom. The molecule has 0 aromatic carbocycles. The zero-order valence-corrected chi connectivity index (χ0v) is 7.95. The number of hydrogen-bond acceptors (Lipinski definition) is 4. The fourth-order valence-electron chi connectivity index (χ4n) is 1.40. The van der Waals surface area contributed by atoms with Crippen molar-refractivity contribution in [1.82, 2.24) is 9.38 Å². The monoisotopic (exact) mass is 198 g/mol. The molecule has 0 saturated carbocycles. The molecule has 0 bridgehead atoms. The Morgan fingerprint density at radius 1 is 1.69 bits per heavy atom. The maximum absolute atomic E-state index is 9.51. The van der Waals surface area contributed by atoms with Crippen molar-refractivity contribution in [2.45, 2.75) is 13.0 Å². The smallest absolute Gasteiger partial charge is 0.194 e. The molecule has 2 heterocycles. The van der Waals surface area contributed by atoms with Gasteiger partial charge >= 0.3 is 0 Å². The van der Waals surface area contributed by atoms with E-state index in [9.17, 15) is 5.11 Å². The van der Waals surface area contributed by atoms with E-state index in [-0.39, 0.29) is 6.61 Å². The van der Waals surface area contributed by atoms with Crippen LogP contribution < -0.4 is 0 Å². The molecule has 4 nitrogen and oxygen atoms in total. The van der Waals surface area contributed by atoms with Gasteiger partial charge in [-0.3, -0.25) is 4.40 Å². The van der Waals surface area contributed by atoms with E-state index >= 15 is 0 Å². The van der Waals surface area contributed by atoms with E-state index in [4.69, 9.17) is 5.11 Å². The number of fused-ring (bicyclic) bond motifs is 1. The molecule has 0 aliphatic rings. The van der Waals surface area contributed by atoms with Crippen LogP contribution in [0, 0.1) is 6.92 Å². The zero-order valence-electron chi connectivity index (χ0n) is 7.14. The molecule has 0 radical (unpaired) electrons. The maximum atomic E-state index is 9.51. The quantitative estimate of drug-likeness (QED) is 0.748. The molecule has 13 heavy (non-hydrogen) atoms. The molecule has 70 valence electrons. The highest BCUT2D eigenvalue weighted by Gasteiger charge is 2.16. The second-order valence-electron chi connectivity index (χ2n) is 2.84. The summed E-state index contributed by atoms with van der Waals surface area (Å²) in [7, 11) is 0. The van der Waals surface area contributed by atoms with E-state index in [1.54, 1.807) is 4.40 Å². The van der Waals surface area contributed by atoms with Gasteiger partial charge in [-0.1, -0.05) is 0 Å². The van der Waals surface area contributed by atoms with Gasteiger partial charge in [-0.15, -0.1) is 11.3 Å². The van der Waals surface area contributed by atoms with E-state index in [1.807, 2.05) is 18.5 Å². The molecule has 0 fully saturated rings. The molecular formula is C8H10N2O2S. The molecule has 0 spiro atoms. The van der Waals surface area contributed by atoms with Crippen molar-refractivity contribution in [2.24, 2.45) is 0 Å². The topological polar surface area (TPSA) is 57.8 Å². The fourth-order valence-corrected chi connectivity index (χ4v) is 2.17. The number of hydrogen-bond donors (Lipinski definition) is 2. The van der Waals surface area contributed by atoms with E-state index in [0.29, 0.717) is 5.69 Å². The maximum Gasteiger partial charge on any atom is 0.194 e. The van der Waals surface area contributed by atoms with Crippen molar-refractivity contribution < 1.29 is 10.2 Å². The predicted molar refractivity (Wildman–Crippen MR) is 49.9 cm³/mol. The lowest BCUT2D eigenvalue weighted by Gasteiger charge is -2.06. The highest BCUT2D eigenvalue weighted by Crippen LogP contribution is 2.21. The van der Waals surface area contributed by atoms with Crippen molar-refractivity contribution in [3.63, 3.8) is 0 Å². The molecule has 1 unspecified atom stereocenters. The predicted octanol–water partition coefficient (Wildman–Crippen LogP) is 0.730. The first-order chi connectivity index (χ1) is 6.24. The van der Waals surface area contributed by atoms with Crippen LogP contribution in [0.15, 0.2) is 11.6 Å². The third-order valence-corrected chi connectivity index (χ3v) is 2.73. The van der Waals surface area contributed by atoms with Crippen LogP contribution in [0.25, 0.3) is 4.96 Å². The minimum atomic E-state index is -0.843. The van der Waals surface area contributed by atoms with Gasteiger partial charge in [0.25, 0.3) is 0 Å². The van der Waals surface area contributed by atoms with Gasteiger partial charge in [0.1, 0.15) is 6.10 Å². The molecule has 2 rings (SSSR count). The van der Waals surface area contributed by atoms with Crippen molar-refractivity contribution >= 4 is 16.3 Å².